The molecule has 3 nitrogen and oxygen atoms in total. The standard InChI is InChI=1S/C9H10ClNO2/c1-13-9(12)8-4-7(10)3-2-6(8)5-11/h2-4H,5,11H2,1H3. The lowest BCUT2D eigenvalue weighted by atomic mass is 10.1. The Labute approximate surface area is 81.4 Å². The number of carbonyl (C=O) groups excluding carboxylic acids is 1. The molecule has 70 valence electrons. The fourth-order valence-corrected chi connectivity index (χ4v) is 1.20. The maximum absolute atomic E-state index is 11.2. The zero-order chi connectivity index (χ0) is 9.84. The summed E-state index contributed by atoms with van der Waals surface area (Å²) >= 11 is 5.73. The van der Waals surface area contributed by atoms with Crippen molar-refractivity contribution in [2.45, 2.75) is 6.54 Å². The molecule has 0 aliphatic carbocycles. The summed E-state index contributed by atoms with van der Waals surface area (Å²) in [6.07, 6.45) is 0. The topological polar surface area (TPSA) is 52.3 Å². The minimum atomic E-state index is -0.414. The largest absolute Gasteiger partial charge is 0.465 e. The van der Waals surface area contributed by atoms with Gasteiger partial charge in [-0.15, -0.1) is 0 Å². The van der Waals surface area contributed by atoms with Crippen molar-refractivity contribution in [2.24, 2.45) is 5.73 Å². The molecule has 0 bridgehead atoms. The van der Waals surface area contributed by atoms with Crippen molar-refractivity contribution in [2.75, 3.05) is 7.11 Å². The van der Waals surface area contributed by atoms with Gasteiger partial charge in [-0.1, -0.05) is 17.7 Å². The van der Waals surface area contributed by atoms with Gasteiger partial charge >= 0.3 is 5.97 Å². The van der Waals surface area contributed by atoms with Crippen LogP contribution in [0, 0.1) is 0 Å². The maximum atomic E-state index is 11.2. The highest BCUT2D eigenvalue weighted by Gasteiger charge is 2.10. The van der Waals surface area contributed by atoms with E-state index in [1.165, 1.54) is 7.11 Å². The van der Waals surface area contributed by atoms with Crippen LogP contribution >= 0.6 is 11.6 Å². The second kappa shape index (κ2) is 4.25. The molecule has 0 unspecified atom stereocenters. The molecule has 13 heavy (non-hydrogen) atoms. The molecule has 2 N–H and O–H groups in total. The first-order valence-corrected chi connectivity index (χ1v) is 4.13. The van der Waals surface area contributed by atoms with E-state index in [9.17, 15) is 4.79 Å². The summed E-state index contributed by atoms with van der Waals surface area (Å²) in [7, 11) is 1.32. The number of nitrogens with two attached hydrogens (primary N) is 1. The summed E-state index contributed by atoms with van der Waals surface area (Å²) < 4.78 is 4.58. The summed E-state index contributed by atoms with van der Waals surface area (Å²) in [6, 6.07) is 4.96. The number of esters is 1. The molecule has 0 amide bonds. The van der Waals surface area contributed by atoms with E-state index in [1.54, 1.807) is 18.2 Å². The number of ether oxygens (including phenoxy) is 1. The van der Waals surface area contributed by atoms with Gasteiger partial charge in [0.1, 0.15) is 0 Å². The van der Waals surface area contributed by atoms with Crippen LogP contribution in [-0.2, 0) is 11.3 Å². The Balaban J connectivity index is 3.15. The van der Waals surface area contributed by atoms with Gasteiger partial charge in [-0.25, -0.2) is 4.79 Å². The van der Waals surface area contributed by atoms with Gasteiger partial charge < -0.3 is 10.5 Å². The predicted molar refractivity (Wildman–Crippen MR) is 50.7 cm³/mol. The number of methoxy groups -OCH3 is 1. The van der Waals surface area contributed by atoms with Crippen molar-refractivity contribution < 1.29 is 9.53 Å². The van der Waals surface area contributed by atoms with E-state index in [2.05, 4.69) is 4.74 Å². The highest BCUT2D eigenvalue weighted by Crippen LogP contribution is 2.16. The van der Waals surface area contributed by atoms with Crippen LogP contribution in [0.4, 0.5) is 0 Å². The van der Waals surface area contributed by atoms with E-state index in [4.69, 9.17) is 17.3 Å². The molecule has 1 aromatic carbocycles. The van der Waals surface area contributed by atoms with Gasteiger partial charge in [0.15, 0.2) is 0 Å². The first-order chi connectivity index (χ1) is 6.19. The molecule has 1 aromatic rings. The van der Waals surface area contributed by atoms with Crippen LogP contribution in [0.1, 0.15) is 15.9 Å². The van der Waals surface area contributed by atoms with E-state index in [0.29, 0.717) is 17.1 Å². The molecule has 0 aliphatic rings. The van der Waals surface area contributed by atoms with E-state index < -0.39 is 5.97 Å². The van der Waals surface area contributed by atoms with E-state index in [-0.39, 0.29) is 0 Å². The molecule has 0 fully saturated rings. The quantitative estimate of drug-likeness (QED) is 0.736. The monoisotopic (exact) mass is 199 g/mol. The van der Waals surface area contributed by atoms with Crippen molar-refractivity contribution in [3.8, 4) is 0 Å². The Morgan fingerprint density at radius 2 is 2.31 bits per heavy atom. The van der Waals surface area contributed by atoms with Gasteiger partial charge in [-0.2, -0.15) is 0 Å². The Morgan fingerprint density at radius 1 is 1.62 bits per heavy atom. The van der Waals surface area contributed by atoms with E-state index >= 15 is 0 Å². The van der Waals surface area contributed by atoms with Gasteiger partial charge in [0.25, 0.3) is 0 Å². The summed E-state index contributed by atoms with van der Waals surface area (Å²) in [5.41, 5.74) is 6.60. The molecule has 0 aliphatic heterocycles. The van der Waals surface area contributed by atoms with Crippen LogP contribution in [0.2, 0.25) is 5.02 Å². The number of hydrogen-bond acceptors (Lipinski definition) is 3. The van der Waals surface area contributed by atoms with Gasteiger partial charge in [0, 0.05) is 11.6 Å². The van der Waals surface area contributed by atoms with Crippen molar-refractivity contribution in [1.29, 1.82) is 0 Å². The van der Waals surface area contributed by atoms with Crippen LogP contribution in [0.25, 0.3) is 0 Å². The molecule has 1 rings (SSSR count). The molecule has 0 heterocycles. The van der Waals surface area contributed by atoms with Crippen LogP contribution in [0.15, 0.2) is 18.2 Å². The average Bonchev–Trinajstić information content (AvgIpc) is 2.16. The zero-order valence-electron chi connectivity index (χ0n) is 7.21. The highest BCUT2D eigenvalue weighted by atomic mass is 35.5. The number of halogens is 1. The summed E-state index contributed by atoms with van der Waals surface area (Å²) in [5.74, 6) is -0.414. The highest BCUT2D eigenvalue weighted by molar-refractivity contribution is 6.31. The summed E-state index contributed by atoms with van der Waals surface area (Å²) in [6.45, 7) is 0.293. The normalized spacial score (nSPS) is 9.77. The number of hydrogen-bond donors (Lipinski definition) is 1. The molecule has 0 radical (unpaired) electrons. The molecular formula is C9H10ClNO2. The van der Waals surface area contributed by atoms with Crippen LogP contribution in [-0.4, -0.2) is 13.1 Å². The van der Waals surface area contributed by atoms with Crippen molar-refractivity contribution in [3.63, 3.8) is 0 Å². The van der Waals surface area contributed by atoms with Gasteiger partial charge in [-0.3, -0.25) is 0 Å². The van der Waals surface area contributed by atoms with Gasteiger partial charge in [-0.05, 0) is 17.7 Å². The average molecular weight is 200 g/mol. The van der Waals surface area contributed by atoms with Crippen LogP contribution in [0.3, 0.4) is 0 Å². The van der Waals surface area contributed by atoms with Crippen LogP contribution in [0.5, 0.6) is 0 Å². The van der Waals surface area contributed by atoms with E-state index in [0.717, 1.165) is 5.56 Å². The molecule has 4 heteroatoms. The SMILES string of the molecule is COC(=O)c1cc(Cl)ccc1CN. The zero-order valence-corrected chi connectivity index (χ0v) is 7.97. The lowest BCUT2D eigenvalue weighted by Gasteiger charge is -2.05. The molecule has 0 spiro atoms. The second-order valence-corrected chi connectivity index (χ2v) is 2.93. The van der Waals surface area contributed by atoms with Gasteiger partial charge in [0.2, 0.25) is 0 Å². The predicted octanol–water partition coefficient (Wildman–Crippen LogP) is 1.59. The molecular weight excluding hydrogens is 190 g/mol. The third kappa shape index (κ3) is 2.20. The minimum Gasteiger partial charge on any atom is -0.465 e. The number of rotatable bonds is 2. The van der Waals surface area contributed by atoms with Crippen molar-refractivity contribution in [3.05, 3.63) is 34.3 Å². The number of carbonyl (C=O) groups is 1. The molecule has 0 aromatic heterocycles. The van der Waals surface area contributed by atoms with Crippen molar-refractivity contribution >= 4 is 17.6 Å². The Bertz CT molecular complexity index is 325. The Hall–Kier alpha value is -1.06. The first-order valence-electron chi connectivity index (χ1n) is 3.76. The minimum absolute atomic E-state index is 0.293. The first kappa shape index (κ1) is 10.0. The fourth-order valence-electron chi connectivity index (χ4n) is 1.03. The van der Waals surface area contributed by atoms with Crippen molar-refractivity contribution in [1.82, 2.24) is 0 Å². The van der Waals surface area contributed by atoms with Crippen LogP contribution < -0.4 is 5.73 Å². The fraction of sp³-hybridized carbons (Fsp3) is 0.222. The molecule has 0 saturated heterocycles. The third-order valence-electron chi connectivity index (χ3n) is 1.70. The summed E-state index contributed by atoms with van der Waals surface area (Å²) in [5, 5.41) is 0.498. The maximum Gasteiger partial charge on any atom is 0.338 e. The smallest absolute Gasteiger partial charge is 0.338 e. The second-order valence-electron chi connectivity index (χ2n) is 2.50. The van der Waals surface area contributed by atoms with E-state index in [1.807, 2.05) is 0 Å². The summed E-state index contributed by atoms with van der Waals surface area (Å²) in [4.78, 5) is 11.2. The number of benzene rings is 1. The Morgan fingerprint density at radius 3 is 2.85 bits per heavy atom. The third-order valence-corrected chi connectivity index (χ3v) is 1.93. The molecule has 0 saturated carbocycles. The lowest BCUT2D eigenvalue weighted by Crippen LogP contribution is -2.08. The lowest BCUT2D eigenvalue weighted by molar-refractivity contribution is 0.0599. The molecule has 0 atom stereocenters. The Kier molecular flexibility index (Phi) is 3.28. The van der Waals surface area contributed by atoms with Gasteiger partial charge in [0.05, 0.1) is 12.7 Å².